The number of rotatable bonds is 2. The Labute approximate surface area is 141 Å². The van der Waals surface area contributed by atoms with Crippen LogP contribution >= 0.6 is 27.5 Å². The van der Waals surface area contributed by atoms with Gasteiger partial charge in [-0.05, 0) is 28.1 Å². The van der Waals surface area contributed by atoms with Crippen molar-refractivity contribution in [2.45, 2.75) is 0 Å². The lowest BCUT2D eigenvalue weighted by molar-refractivity contribution is 0.160. The summed E-state index contributed by atoms with van der Waals surface area (Å²) in [7, 11) is 0. The predicted octanol–water partition coefficient (Wildman–Crippen LogP) is 4.29. The minimum atomic E-state index is -0.428. The molecule has 6 heteroatoms. The minimum Gasteiger partial charge on any atom is -0.488 e. The molecule has 1 aromatic carbocycles. The molecule has 1 amide bonds. The fourth-order valence-corrected chi connectivity index (χ4v) is 3.09. The van der Waals surface area contributed by atoms with Crippen molar-refractivity contribution < 1.29 is 14.3 Å². The van der Waals surface area contributed by atoms with E-state index in [2.05, 4.69) is 22.0 Å². The van der Waals surface area contributed by atoms with Crippen molar-refractivity contribution >= 4 is 39.3 Å². The second kappa shape index (κ2) is 6.53. The van der Waals surface area contributed by atoms with Crippen LogP contribution in [-0.4, -0.2) is 25.9 Å². The zero-order valence-corrected chi connectivity index (χ0v) is 13.9. The smallest absolute Gasteiger partial charge is 0.416 e. The number of benzene rings is 1. The second-order valence-electron chi connectivity index (χ2n) is 4.70. The van der Waals surface area contributed by atoms with Gasteiger partial charge in [-0.2, -0.15) is 0 Å². The molecular weight excluding hydrogens is 370 g/mol. The topological polar surface area (TPSA) is 38.8 Å². The van der Waals surface area contributed by atoms with E-state index in [4.69, 9.17) is 21.1 Å². The van der Waals surface area contributed by atoms with Gasteiger partial charge < -0.3 is 9.47 Å². The van der Waals surface area contributed by atoms with Crippen molar-refractivity contribution in [3.8, 4) is 5.75 Å². The van der Waals surface area contributed by atoms with Crippen LogP contribution in [0.25, 0.3) is 0 Å². The van der Waals surface area contributed by atoms with Crippen LogP contribution in [0.3, 0.4) is 0 Å². The van der Waals surface area contributed by atoms with Crippen LogP contribution in [0.15, 0.2) is 46.5 Å². The lowest BCUT2D eigenvalue weighted by atomic mass is 10.2. The lowest BCUT2D eigenvalue weighted by Gasteiger charge is -2.29. The highest BCUT2D eigenvalue weighted by Crippen LogP contribution is 2.40. The highest BCUT2D eigenvalue weighted by Gasteiger charge is 2.27. The third-order valence-corrected chi connectivity index (χ3v) is 4.00. The first kappa shape index (κ1) is 15.1. The summed E-state index contributed by atoms with van der Waals surface area (Å²) in [6.45, 7) is 1.02. The molecule has 112 valence electrons. The fraction of sp³-hybridized carbons (Fsp3) is 0.188. The van der Waals surface area contributed by atoms with E-state index in [1.54, 1.807) is 24.3 Å². The van der Waals surface area contributed by atoms with Gasteiger partial charge in [0, 0.05) is 17.2 Å². The molecule has 3 rings (SSSR count). The first-order chi connectivity index (χ1) is 10.6. The van der Waals surface area contributed by atoms with Crippen LogP contribution < -0.4 is 9.64 Å². The van der Waals surface area contributed by atoms with Gasteiger partial charge in [-0.3, -0.25) is 4.90 Å². The Balaban J connectivity index is 1.76. The molecule has 0 spiro atoms. The number of fused-ring (bicyclic) bond motifs is 1. The second-order valence-corrected chi connectivity index (χ2v) is 5.99. The third kappa shape index (κ3) is 3.17. The number of allylic oxidation sites excluding steroid dienone is 4. The number of anilines is 1. The van der Waals surface area contributed by atoms with Gasteiger partial charge in [-0.1, -0.05) is 11.6 Å². The van der Waals surface area contributed by atoms with Gasteiger partial charge in [0.05, 0.1) is 28.4 Å². The normalized spacial score (nSPS) is 15.5. The highest BCUT2D eigenvalue weighted by molar-refractivity contribution is 9.10. The van der Waals surface area contributed by atoms with Gasteiger partial charge in [0.25, 0.3) is 0 Å². The van der Waals surface area contributed by atoms with E-state index in [9.17, 15) is 4.79 Å². The van der Waals surface area contributed by atoms with Crippen LogP contribution in [0.1, 0.15) is 0 Å². The van der Waals surface area contributed by atoms with E-state index < -0.39 is 6.09 Å². The number of ether oxygens (including phenoxy) is 2. The Bertz CT molecular complexity index is 697. The fourth-order valence-electron chi connectivity index (χ4n) is 2.18. The van der Waals surface area contributed by atoms with Gasteiger partial charge in [0.2, 0.25) is 0 Å². The lowest BCUT2D eigenvalue weighted by Crippen LogP contribution is -2.38. The minimum absolute atomic E-state index is 0.199. The van der Waals surface area contributed by atoms with Crippen molar-refractivity contribution in [3.05, 3.63) is 57.6 Å². The molecule has 0 radical (unpaired) electrons. The largest absolute Gasteiger partial charge is 0.488 e. The monoisotopic (exact) mass is 380 g/mol. The molecule has 0 N–H and O–H groups in total. The van der Waals surface area contributed by atoms with E-state index in [0.717, 1.165) is 5.57 Å². The molecular formula is C16H12BrClNO3+. The maximum atomic E-state index is 12.3. The third-order valence-electron chi connectivity index (χ3n) is 3.20. The van der Waals surface area contributed by atoms with Gasteiger partial charge in [0.15, 0.2) is 12.4 Å². The Morgan fingerprint density at radius 3 is 3.14 bits per heavy atom. The number of hydrogen-bond acceptors (Lipinski definition) is 3. The number of carbonyl (C=O) groups is 1. The van der Waals surface area contributed by atoms with Crippen molar-refractivity contribution in [2.75, 3.05) is 24.7 Å². The van der Waals surface area contributed by atoms with Gasteiger partial charge in [0.1, 0.15) is 18.8 Å². The molecule has 1 aliphatic carbocycles. The molecule has 1 aliphatic heterocycles. The van der Waals surface area contributed by atoms with E-state index in [0.29, 0.717) is 34.1 Å². The number of amides is 1. The molecule has 1 aromatic rings. The summed E-state index contributed by atoms with van der Waals surface area (Å²) in [5, 5.41) is 0.520. The van der Waals surface area contributed by atoms with E-state index in [1.807, 2.05) is 12.2 Å². The average Bonchev–Trinajstić information content (AvgIpc) is 2.53. The van der Waals surface area contributed by atoms with Gasteiger partial charge >= 0.3 is 6.09 Å². The summed E-state index contributed by atoms with van der Waals surface area (Å²) >= 11 is 9.45. The number of hydrogen-bond donors (Lipinski definition) is 0. The molecule has 1 heterocycles. The maximum absolute atomic E-state index is 12.3. The molecule has 0 fully saturated rings. The van der Waals surface area contributed by atoms with Crippen molar-refractivity contribution in [3.63, 3.8) is 0 Å². The van der Waals surface area contributed by atoms with Gasteiger partial charge in [-0.15, -0.1) is 0 Å². The summed E-state index contributed by atoms with van der Waals surface area (Å²) in [5.74, 6) is 0.598. The molecule has 0 bridgehead atoms. The van der Waals surface area contributed by atoms with Crippen molar-refractivity contribution in [2.24, 2.45) is 0 Å². The zero-order valence-electron chi connectivity index (χ0n) is 11.5. The molecule has 0 atom stereocenters. The average molecular weight is 382 g/mol. The quantitative estimate of drug-likeness (QED) is 0.717. The Kier molecular flexibility index (Phi) is 4.48. The molecule has 2 aliphatic rings. The molecule has 22 heavy (non-hydrogen) atoms. The van der Waals surface area contributed by atoms with Crippen LogP contribution in [-0.2, 0) is 4.74 Å². The molecule has 0 unspecified atom stereocenters. The standard InChI is InChI=1S/C16H12BrClNO3/c17-13-8-12(18)9-14-15(13)21-7-6-19(14)16(20)22-10-11-4-2-1-3-5-11/h1-2,4-5,8-9H,6-7,10H2/q+1. The SMILES string of the molecule is O=C(OCC1=CC=C[C+]=C1)N1CCOc2c(Br)cc(Cl)cc21. The van der Waals surface area contributed by atoms with Crippen molar-refractivity contribution in [1.29, 1.82) is 0 Å². The van der Waals surface area contributed by atoms with Crippen molar-refractivity contribution in [1.82, 2.24) is 0 Å². The van der Waals surface area contributed by atoms with Crippen LogP contribution in [0.5, 0.6) is 5.75 Å². The molecule has 0 saturated heterocycles. The summed E-state index contributed by atoms with van der Waals surface area (Å²) in [4.78, 5) is 13.9. The van der Waals surface area contributed by atoms with Crippen LogP contribution in [0.2, 0.25) is 5.02 Å². The molecule has 0 aromatic heterocycles. The van der Waals surface area contributed by atoms with E-state index >= 15 is 0 Å². The first-order valence-corrected chi connectivity index (χ1v) is 7.83. The Morgan fingerprint density at radius 1 is 1.50 bits per heavy atom. The predicted molar refractivity (Wildman–Crippen MR) is 88.4 cm³/mol. The summed E-state index contributed by atoms with van der Waals surface area (Å²) in [6, 6.07) is 3.42. The molecule has 4 nitrogen and oxygen atoms in total. The summed E-state index contributed by atoms with van der Waals surface area (Å²) in [6.07, 6.45) is 9.83. The van der Waals surface area contributed by atoms with E-state index in [1.165, 1.54) is 4.90 Å². The summed E-state index contributed by atoms with van der Waals surface area (Å²) in [5.41, 5.74) is 1.49. The number of nitrogens with zero attached hydrogens (tertiary/aromatic N) is 1. The van der Waals surface area contributed by atoms with Crippen LogP contribution in [0.4, 0.5) is 10.5 Å². The zero-order chi connectivity index (χ0) is 15.5. The van der Waals surface area contributed by atoms with Crippen LogP contribution in [0, 0.1) is 6.08 Å². The Hall–Kier alpha value is -1.81. The number of halogens is 2. The highest BCUT2D eigenvalue weighted by atomic mass is 79.9. The number of carbonyl (C=O) groups excluding carboxylic acids is 1. The summed E-state index contributed by atoms with van der Waals surface area (Å²) < 4.78 is 11.7. The first-order valence-electron chi connectivity index (χ1n) is 6.66. The molecule has 0 saturated carbocycles. The maximum Gasteiger partial charge on any atom is 0.416 e. The Morgan fingerprint density at radius 2 is 2.36 bits per heavy atom. The van der Waals surface area contributed by atoms with E-state index in [-0.39, 0.29) is 6.61 Å². The van der Waals surface area contributed by atoms with Gasteiger partial charge in [-0.25, -0.2) is 4.79 Å².